The van der Waals surface area contributed by atoms with E-state index in [4.69, 9.17) is 16.3 Å². The number of nitrogens with zero attached hydrogens (tertiary/aromatic N) is 2. The zero-order valence-electron chi connectivity index (χ0n) is 15.4. The van der Waals surface area contributed by atoms with Crippen molar-refractivity contribution >= 4 is 23.3 Å². The minimum atomic E-state index is -0.0806. The van der Waals surface area contributed by atoms with Crippen molar-refractivity contribution in [3.8, 4) is 5.75 Å². The van der Waals surface area contributed by atoms with Gasteiger partial charge >= 0.3 is 0 Å². The Balaban J connectivity index is 1.55. The Hall–Kier alpha value is -2.37. The number of ketones is 1. The number of carbonyl (C=O) groups is 2. The molecule has 1 aliphatic heterocycles. The zero-order chi connectivity index (χ0) is 19.2. The summed E-state index contributed by atoms with van der Waals surface area (Å²) >= 11 is 5.85. The van der Waals surface area contributed by atoms with Crippen molar-refractivity contribution in [2.75, 3.05) is 39.8 Å². The number of ether oxygens (including phenoxy) is 1. The molecule has 1 saturated heterocycles. The van der Waals surface area contributed by atoms with E-state index in [9.17, 15) is 9.59 Å². The van der Waals surface area contributed by atoms with Crippen molar-refractivity contribution in [3.05, 3.63) is 64.7 Å². The molecular formula is C21H23ClN2O3. The van der Waals surface area contributed by atoms with Crippen LogP contribution in [0.1, 0.15) is 22.3 Å². The van der Waals surface area contributed by atoms with Crippen LogP contribution in [-0.2, 0) is 4.79 Å². The summed E-state index contributed by atoms with van der Waals surface area (Å²) in [6.45, 7) is 3.39. The van der Waals surface area contributed by atoms with Crippen molar-refractivity contribution < 1.29 is 14.3 Å². The lowest BCUT2D eigenvalue weighted by Gasteiger charge is -2.20. The standard InChI is InChI=1S/C21H23ClN2O3/c1-23-11-2-12-24(14-13-23)20(25)15-27-19-9-5-17(6-10-19)21(26)16-3-7-18(22)8-4-16/h3-10H,2,11-15H2,1H3. The van der Waals surface area contributed by atoms with E-state index in [1.807, 2.05) is 4.90 Å². The maximum absolute atomic E-state index is 12.5. The first-order chi connectivity index (χ1) is 13.0. The summed E-state index contributed by atoms with van der Waals surface area (Å²) in [6.07, 6.45) is 0.976. The van der Waals surface area contributed by atoms with E-state index in [0.29, 0.717) is 21.9 Å². The predicted octanol–water partition coefficient (Wildman–Crippen LogP) is 3.11. The third-order valence-corrected chi connectivity index (χ3v) is 4.91. The van der Waals surface area contributed by atoms with Gasteiger partial charge in [-0.15, -0.1) is 0 Å². The van der Waals surface area contributed by atoms with E-state index in [0.717, 1.165) is 32.6 Å². The first kappa shape index (κ1) is 19.4. The second kappa shape index (κ2) is 9.02. The lowest BCUT2D eigenvalue weighted by molar-refractivity contribution is -0.133. The third kappa shape index (κ3) is 5.31. The number of halogens is 1. The highest BCUT2D eigenvalue weighted by atomic mass is 35.5. The molecule has 0 spiro atoms. The Morgan fingerprint density at radius 2 is 1.56 bits per heavy atom. The van der Waals surface area contributed by atoms with Gasteiger partial charge in [-0.3, -0.25) is 9.59 Å². The van der Waals surface area contributed by atoms with Crippen molar-refractivity contribution in [2.24, 2.45) is 0 Å². The van der Waals surface area contributed by atoms with Gasteiger partial charge in [-0.25, -0.2) is 0 Å². The lowest BCUT2D eigenvalue weighted by atomic mass is 10.0. The summed E-state index contributed by atoms with van der Waals surface area (Å²) in [5.41, 5.74) is 1.14. The van der Waals surface area contributed by atoms with Crippen molar-refractivity contribution in [3.63, 3.8) is 0 Å². The fraction of sp³-hybridized carbons (Fsp3) is 0.333. The Labute approximate surface area is 164 Å². The topological polar surface area (TPSA) is 49.9 Å². The summed E-state index contributed by atoms with van der Waals surface area (Å²) in [5.74, 6) is 0.484. The molecule has 0 aromatic heterocycles. The Bertz CT molecular complexity index is 790. The molecule has 0 bridgehead atoms. The molecule has 0 N–H and O–H groups in total. The van der Waals surface area contributed by atoms with Crippen LogP contribution >= 0.6 is 11.6 Å². The molecule has 2 aromatic rings. The summed E-state index contributed by atoms with van der Waals surface area (Å²) in [7, 11) is 2.07. The van der Waals surface area contributed by atoms with Crippen LogP contribution in [0.25, 0.3) is 0 Å². The van der Waals surface area contributed by atoms with Crippen LogP contribution in [0.4, 0.5) is 0 Å². The van der Waals surface area contributed by atoms with Crippen LogP contribution in [-0.4, -0.2) is 61.3 Å². The molecule has 0 radical (unpaired) electrons. The average Bonchev–Trinajstić information content (AvgIpc) is 2.91. The number of likely N-dealkylation sites (N-methyl/N-ethyl adjacent to an activating group) is 1. The lowest BCUT2D eigenvalue weighted by Crippen LogP contribution is -2.37. The Kier molecular flexibility index (Phi) is 6.48. The van der Waals surface area contributed by atoms with Crippen LogP contribution in [0.2, 0.25) is 5.02 Å². The molecule has 0 saturated carbocycles. The van der Waals surface area contributed by atoms with Crippen molar-refractivity contribution in [1.82, 2.24) is 9.80 Å². The van der Waals surface area contributed by atoms with Crippen molar-refractivity contribution in [2.45, 2.75) is 6.42 Å². The van der Waals surface area contributed by atoms with Gasteiger partial charge in [0, 0.05) is 35.8 Å². The monoisotopic (exact) mass is 386 g/mol. The van der Waals surface area contributed by atoms with E-state index < -0.39 is 0 Å². The van der Waals surface area contributed by atoms with E-state index >= 15 is 0 Å². The fourth-order valence-electron chi connectivity index (χ4n) is 3.00. The van der Waals surface area contributed by atoms with E-state index in [-0.39, 0.29) is 18.3 Å². The third-order valence-electron chi connectivity index (χ3n) is 4.66. The summed E-state index contributed by atoms with van der Waals surface area (Å²) < 4.78 is 5.61. The molecule has 1 aliphatic rings. The first-order valence-electron chi connectivity index (χ1n) is 9.02. The number of hydrogen-bond acceptors (Lipinski definition) is 4. The summed E-state index contributed by atoms with van der Waals surface area (Å²) in [5, 5.41) is 0.594. The van der Waals surface area contributed by atoms with Gasteiger partial charge < -0.3 is 14.5 Å². The number of hydrogen-bond donors (Lipinski definition) is 0. The minimum absolute atomic E-state index is 0.00776. The highest BCUT2D eigenvalue weighted by molar-refractivity contribution is 6.30. The second-order valence-corrected chi connectivity index (χ2v) is 7.12. The van der Waals surface area contributed by atoms with Crippen LogP contribution in [0.15, 0.2) is 48.5 Å². The minimum Gasteiger partial charge on any atom is -0.484 e. The number of carbonyl (C=O) groups excluding carboxylic acids is 2. The predicted molar refractivity (Wildman–Crippen MR) is 106 cm³/mol. The molecule has 0 atom stereocenters. The van der Waals surface area contributed by atoms with E-state index in [1.54, 1.807) is 48.5 Å². The molecule has 1 amide bonds. The molecule has 0 unspecified atom stereocenters. The smallest absolute Gasteiger partial charge is 0.260 e. The number of benzene rings is 2. The highest BCUT2D eigenvalue weighted by Gasteiger charge is 2.18. The molecule has 1 fully saturated rings. The normalized spacial score (nSPS) is 15.3. The number of amides is 1. The highest BCUT2D eigenvalue weighted by Crippen LogP contribution is 2.17. The molecule has 1 heterocycles. The Morgan fingerprint density at radius 3 is 2.22 bits per heavy atom. The Morgan fingerprint density at radius 1 is 0.926 bits per heavy atom. The molecule has 142 valence electrons. The van der Waals surface area contributed by atoms with Gasteiger partial charge in [0.2, 0.25) is 0 Å². The molecule has 3 rings (SSSR count). The zero-order valence-corrected chi connectivity index (χ0v) is 16.1. The molecular weight excluding hydrogens is 364 g/mol. The van der Waals surface area contributed by atoms with Gasteiger partial charge in [-0.1, -0.05) is 11.6 Å². The number of rotatable bonds is 5. The van der Waals surface area contributed by atoms with Gasteiger partial charge in [-0.05, 0) is 68.5 Å². The molecule has 2 aromatic carbocycles. The van der Waals surface area contributed by atoms with Crippen LogP contribution in [0, 0.1) is 0 Å². The van der Waals surface area contributed by atoms with Gasteiger partial charge in [0.15, 0.2) is 12.4 Å². The second-order valence-electron chi connectivity index (χ2n) is 6.69. The average molecular weight is 387 g/mol. The SMILES string of the molecule is CN1CCCN(C(=O)COc2ccc(C(=O)c3ccc(Cl)cc3)cc2)CC1. The van der Waals surface area contributed by atoms with Gasteiger partial charge in [0.1, 0.15) is 5.75 Å². The molecule has 6 heteroatoms. The molecule has 0 aliphatic carbocycles. The van der Waals surface area contributed by atoms with Gasteiger partial charge in [0.25, 0.3) is 5.91 Å². The molecule has 27 heavy (non-hydrogen) atoms. The summed E-state index contributed by atoms with van der Waals surface area (Å²) in [6, 6.07) is 13.6. The summed E-state index contributed by atoms with van der Waals surface area (Å²) in [4.78, 5) is 28.9. The van der Waals surface area contributed by atoms with E-state index in [1.165, 1.54) is 0 Å². The van der Waals surface area contributed by atoms with Crippen LogP contribution < -0.4 is 4.74 Å². The fourth-order valence-corrected chi connectivity index (χ4v) is 3.13. The van der Waals surface area contributed by atoms with E-state index in [2.05, 4.69) is 11.9 Å². The largest absolute Gasteiger partial charge is 0.484 e. The van der Waals surface area contributed by atoms with Gasteiger partial charge in [0.05, 0.1) is 0 Å². The maximum atomic E-state index is 12.5. The molecule has 5 nitrogen and oxygen atoms in total. The first-order valence-corrected chi connectivity index (χ1v) is 9.40. The quantitative estimate of drug-likeness (QED) is 0.741. The van der Waals surface area contributed by atoms with Crippen molar-refractivity contribution in [1.29, 1.82) is 0 Å². The van der Waals surface area contributed by atoms with Gasteiger partial charge in [-0.2, -0.15) is 0 Å². The van der Waals surface area contributed by atoms with Crippen LogP contribution in [0.5, 0.6) is 5.75 Å². The maximum Gasteiger partial charge on any atom is 0.260 e. The van der Waals surface area contributed by atoms with Crippen LogP contribution in [0.3, 0.4) is 0 Å².